The first kappa shape index (κ1) is 18.6. The maximum atomic E-state index is 14.1. The zero-order chi connectivity index (χ0) is 22.4. The molecule has 2 saturated carbocycles. The van der Waals surface area contributed by atoms with Crippen molar-refractivity contribution in [3.05, 3.63) is 80.6 Å². The second-order valence-corrected chi connectivity index (χ2v) is 12.0. The summed E-state index contributed by atoms with van der Waals surface area (Å²) in [6.45, 7) is 7.01. The van der Waals surface area contributed by atoms with Gasteiger partial charge >= 0.3 is 11.4 Å². The van der Waals surface area contributed by atoms with E-state index < -0.39 is 0 Å². The molecule has 2 fully saturated rings. The summed E-state index contributed by atoms with van der Waals surface area (Å²) in [6, 6.07) is 12.6. The van der Waals surface area contributed by atoms with Crippen LogP contribution in [0.5, 0.6) is 0 Å². The van der Waals surface area contributed by atoms with E-state index in [0.29, 0.717) is 11.8 Å². The Kier molecular flexibility index (Phi) is 3.07. The van der Waals surface area contributed by atoms with Crippen molar-refractivity contribution in [1.29, 1.82) is 0 Å². The third-order valence-corrected chi connectivity index (χ3v) is 11.0. The molecule has 0 radical (unpaired) electrons. The first-order valence-electron chi connectivity index (χ1n) is 12.5. The van der Waals surface area contributed by atoms with Crippen LogP contribution < -0.4 is 11.4 Å². The molecule has 4 aliphatic carbocycles. The lowest BCUT2D eigenvalue weighted by Crippen LogP contribution is -2.53. The number of benzene rings is 2. The summed E-state index contributed by atoms with van der Waals surface area (Å²) in [5, 5.41) is 2.42. The standard InChI is InChI=1S/C28H29N3O2/c1-27(2)16-12-13-28(27,3)21(14-16)29-25(32)30-23-18-10-11-19(18)24(31(30)26(29)33)22-17-7-5-4-6-15(17)8-9-20(22)23/h4-11,16,18-19,21,23-24H,12-14H2,1-3H3/t16-,18+,19+,21+,23+,24+,28-/m0/s1. The highest BCUT2D eigenvalue weighted by atomic mass is 16.2. The van der Waals surface area contributed by atoms with Gasteiger partial charge in [0.15, 0.2) is 0 Å². The summed E-state index contributed by atoms with van der Waals surface area (Å²) < 4.78 is 5.38. The molecule has 3 aromatic rings. The normalized spacial score (nSPS) is 38.3. The van der Waals surface area contributed by atoms with E-state index in [4.69, 9.17) is 0 Å². The van der Waals surface area contributed by atoms with Crippen molar-refractivity contribution >= 4 is 10.8 Å². The maximum Gasteiger partial charge on any atom is 0.348 e. The monoisotopic (exact) mass is 439 g/mol. The molecule has 6 aliphatic rings. The summed E-state index contributed by atoms with van der Waals surface area (Å²) in [7, 11) is 0. The summed E-state index contributed by atoms with van der Waals surface area (Å²) in [4.78, 5) is 28.2. The second-order valence-electron chi connectivity index (χ2n) is 12.0. The SMILES string of the molecule is CC1(C)[C@H]2CC[C@@]1(C)[C@H](n1c(=O)n3n(c1=O)[C@H]1c4c(ccc5ccccc45)[C@H]3[C@@H]3C=C[C@H]31)C2. The Morgan fingerprint density at radius 2 is 1.58 bits per heavy atom. The first-order chi connectivity index (χ1) is 15.8. The molecule has 9 rings (SSSR count). The molecular formula is C28H29N3O2. The van der Waals surface area contributed by atoms with E-state index in [9.17, 15) is 9.59 Å². The molecule has 2 aromatic carbocycles. The fourth-order valence-electron chi connectivity index (χ4n) is 8.69. The minimum absolute atomic E-state index is 0.0123. The van der Waals surface area contributed by atoms with Crippen LogP contribution >= 0.6 is 0 Å². The van der Waals surface area contributed by atoms with Crippen molar-refractivity contribution in [3.63, 3.8) is 0 Å². The molecule has 33 heavy (non-hydrogen) atoms. The van der Waals surface area contributed by atoms with E-state index in [1.165, 1.54) is 28.3 Å². The molecule has 0 saturated heterocycles. The Labute approximate surface area is 192 Å². The third kappa shape index (κ3) is 1.81. The van der Waals surface area contributed by atoms with Crippen LogP contribution in [0.25, 0.3) is 10.8 Å². The van der Waals surface area contributed by atoms with Crippen molar-refractivity contribution in [2.75, 3.05) is 0 Å². The highest BCUT2D eigenvalue weighted by Gasteiger charge is 2.63. The third-order valence-electron chi connectivity index (χ3n) is 11.0. The molecule has 5 heteroatoms. The summed E-state index contributed by atoms with van der Waals surface area (Å²) >= 11 is 0. The van der Waals surface area contributed by atoms with Gasteiger partial charge in [-0.05, 0) is 57.9 Å². The molecule has 5 nitrogen and oxygen atoms in total. The number of fused-ring (bicyclic) bond motifs is 3. The Balaban J connectivity index is 1.41. The average molecular weight is 440 g/mol. The lowest BCUT2D eigenvalue weighted by atomic mass is 9.62. The molecule has 0 N–H and O–H groups in total. The van der Waals surface area contributed by atoms with E-state index in [1.54, 1.807) is 4.57 Å². The molecule has 0 amide bonds. The van der Waals surface area contributed by atoms with Gasteiger partial charge in [0, 0.05) is 17.9 Å². The lowest BCUT2D eigenvalue weighted by Gasteiger charge is -2.52. The fourth-order valence-corrected chi connectivity index (χ4v) is 8.69. The van der Waals surface area contributed by atoms with E-state index >= 15 is 0 Å². The zero-order valence-corrected chi connectivity index (χ0v) is 19.4. The maximum absolute atomic E-state index is 14.1. The molecule has 0 unspecified atom stereocenters. The Hall–Kier alpha value is -2.82. The molecule has 4 bridgehead atoms. The van der Waals surface area contributed by atoms with E-state index in [2.05, 4.69) is 69.3 Å². The molecule has 1 aromatic heterocycles. The van der Waals surface area contributed by atoms with Crippen LogP contribution in [0.3, 0.4) is 0 Å². The van der Waals surface area contributed by atoms with Crippen LogP contribution in [0.15, 0.2) is 58.1 Å². The largest absolute Gasteiger partial charge is 0.348 e. The Bertz CT molecular complexity index is 1530. The van der Waals surface area contributed by atoms with Crippen molar-refractivity contribution in [3.8, 4) is 0 Å². The van der Waals surface area contributed by atoms with Crippen molar-refractivity contribution < 1.29 is 0 Å². The van der Waals surface area contributed by atoms with Crippen molar-refractivity contribution in [1.82, 2.24) is 13.9 Å². The predicted molar refractivity (Wildman–Crippen MR) is 128 cm³/mol. The van der Waals surface area contributed by atoms with Gasteiger partial charge in [-0.15, -0.1) is 0 Å². The van der Waals surface area contributed by atoms with Crippen LogP contribution in [0.1, 0.15) is 69.3 Å². The smallest absolute Gasteiger partial charge is 0.246 e. The Morgan fingerprint density at radius 3 is 2.24 bits per heavy atom. The van der Waals surface area contributed by atoms with E-state index in [-0.39, 0.29) is 46.3 Å². The molecule has 3 heterocycles. The second kappa shape index (κ2) is 5.45. The van der Waals surface area contributed by atoms with E-state index in [1.807, 2.05) is 9.36 Å². The molecule has 7 atom stereocenters. The predicted octanol–water partition coefficient (Wildman–Crippen LogP) is 4.66. The topological polar surface area (TPSA) is 48.9 Å². The number of hydrogen-bond acceptors (Lipinski definition) is 2. The number of rotatable bonds is 1. The van der Waals surface area contributed by atoms with Gasteiger partial charge < -0.3 is 0 Å². The van der Waals surface area contributed by atoms with Gasteiger partial charge in [0.05, 0.1) is 12.1 Å². The quantitative estimate of drug-likeness (QED) is 0.518. The molecule has 2 aliphatic heterocycles. The highest BCUT2D eigenvalue weighted by molar-refractivity contribution is 5.88. The highest BCUT2D eigenvalue weighted by Crippen LogP contribution is 2.69. The van der Waals surface area contributed by atoms with Crippen molar-refractivity contribution in [2.45, 2.75) is 58.2 Å². The molecule has 168 valence electrons. The molecular weight excluding hydrogens is 410 g/mol. The Morgan fingerprint density at radius 1 is 0.879 bits per heavy atom. The van der Waals surface area contributed by atoms with Crippen molar-refractivity contribution in [2.24, 2.45) is 28.6 Å². The minimum atomic E-state index is -0.105. The number of hydrogen-bond donors (Lipinski definition) is 0. The van der Waals surface area contributed by atoms with Gasteiger partial charge in [-0.3, -0.25) is 0 Å². The minimum Gasteiger partial charge on any atom is -0.246 e. The van der Waals surface area contributed by atoms with Gasteiger partial charge in [0.25, 0.3) is 0 Å². The van der Waals surface area contributed by atoms with Crippen LogP contribution in [-0.2, 0) is 0 Å². The number of nitrogens with zero attached hydrogens (tertiary/aromatic N) is 3. The lowest BCUT2D eigenvalue weighted by molar-refractivity contribution is 0.103. The average Bonchev–Trinajstić information content (AvgIpc) is 3.25. The van der Waals surface area contributed by atoms with Gasteiger partial charge in [0.2, 0.25) is 0 Å². The summed E-state index contributed by atoms with van der Waals surface area (Å²) in [6.07, 6.45) is 7.75. The van der Waals surface area contributed by atoms with Gasteiger partial charge in [-0.1, -0.05) is 69.3 Å². The number of allylic oxidation sites excluding steroid dienone is 2. The van der Waals surface area contributed by atoms with Gasteiger partial charge in [-0.2, -0.15) is 0 Å². The first-order valence-corrected chi connectivity index (χ1v) is 12.5. The zero-order valence-electron chi connectivity index (χ0n) is 19.4. The van der Waals surface area contributed by atoms with Crippen LogP contribution in [-0.4, -0.2) is 13.9 Å². The van der Waals surface area contributed by atoms with Gasteiger partial charge in [-0.25, -0.2) is 23.5 Å². The van der Waals surface area contributed by atoms with Gasteiger partial charge in [0.1, 0.15) is 0 Å². The summed E-state index contributed by atoms with van der Waals surface area (Å²) in [5.41, 5.74) is 2.42. The molecule has 0 spiro atoms. The van der Waals surface area contributed by atoms with Crippen LogP contribution in [0, 0.1) is 28.6 Å². The fraction of sp³-hybridized carbons (Fsp3) is 0.500. The van der Waals surface area contributed by atoms with Crippen LogP contribution in [0.2, 0.25) is 0 Å². The summed E-state index contributed by atoms with van der Waals surface area (Å²) in [5.74, 6) is 1.16. The number of aromatic nitrogens is 3. The van der Waals surface area contributed by atoms with Crippen LogP contribution in [0.4, 0.5) is 0 Å². The van der Waals surface area contributed by atoms with E-state index in [0.717, 1.165) is 12.8 Å².